The van der Waals surface area contributed by atoms with Gasteiger partial charge in [-0.1, -0.05) is 12.1 Å². The number of aromatic carboxylic acids is 1. The van der Waals surface area contributed by atoms with Crippen molar-refractivity contribution in [1.29, 1.82) is 0 Å². The molecule has 152 valence electrons. The molecule has 3 aromatic rings. The minimum Gasteiger partial charge on any atom is -0.497 e. The van der Waals surface area contributed by atoms with E-state index in [0.717, 1.165) is 11.8 Å². The van der Waals surface area contributed by atoms with Gasteiger partial charge >= 0.3 is 5.97 Å². The van der Waals surface area contributed by atoms with Gasteiger partial charge in [0.25, 0.3) is 0 Å². The standard InChI is InChI=1S/C19H19N3O6S/c1-27-14-7-5-13(6-8-14)11-22(12-15-4-3-9-28-15)16-10-20-19(29(2,25)26)21-17(16)18(23)24/h3-10H,11-12H2,1-2H3,(H,23,24). The molecule has 0 aliphatic rings. The fourth-order valence-electron chi connectivity index (χ4n) is 2.69. The first-order valence-corrected chi connectivity index (χ1v) is 10.4. The van der Waals surface area contributed by atoms with Crippen molar-refractivity contribution in [1.82, 2.24) is 9.97 Å². The molecular formula is C19H19N3O6S. The SMILES string of the molecule is COc1ccc(CN(Cc2ccco2)c2cnc(S(C)(=O)=O)nc2C(=O)O)cc1. The Morgan fingerprint density at radius 3 is 2.48 bits per heavy atom. The third kappa shape index (κ3) is 4.91. The van der Waals surface area contributed by atoms with Crippen LogP contribution in [0.1, 0.15) is 21.8 Å². The molecule has 0 aliphatic carbocycles. The lowest BCUT2D eigenvalue weighted by molar-refractivity contribution is 0.0690. The van der Waals surface area contributed by atoms with Gasteiger partial charge in [0, 0.05) is 12.8 Å². The van der Waals surface area contributed by atoms with E-state index >= 15 is 0 Å². The Labute approximate surface area is 167 Å². The number of carboxylic acid groups (broad SMARTS) is 1. The summed E-state index contributed by atoms with van der Waals surface area (Å²) in [5.41, 5.74) is 0.651. The number of carbonyl (C=O) groups is 1. The highest BCUT2D eigenvalue weighted by atomic mass is 32.2. The van der Waals surface area contributed by atoms with Gasteiger partial charge in [0.15, 0.2) is 5.69 Å². The lowest BCUT2D eigenvalue weighted by Gasteiger charge is -2.25. The van der Waals surface area contributed by atoms with Crippen LogP contribution in [-0.4, -0.2) is 42.8 Å². The highest BCUT2D eigenvalue weighted by Gasteiger charge is 2.23. The summed E-state index contributed by atoms with van der Waals surface area (Å²) < 4.78 is 34.0. The maximum absolute atomic E-state index is 11.8. The Bertz CT molecular complexity index is 1100. The molecule has 0 aliphatic heterocycles. The summed E-state index contributed by atoms with van der Waals surface area (Å²) in [7, 11) is -2.19. The van der Waals surface area contributed by atoms with Crippen molar-refractivity contribution >= 4 is 21.5 Å². The van der Waals surface area contributed by atoms with Gasteiger partial charge in [0.1, 0.15) is 11.5 Å². The summed E-state index contributed by atoms with van der Waals surface area (Å²) in [6.45, 7) is 0.549. The van der Waals surface area contributed by atoms with Crippen LogP contribution >= 0.6 is 0 Å². The maximum Gasteiger partial charge on any atom is 0.356 e. The van der Waals surface area contributed by atoms with Gasteiger partial charge in [0.05, 0.1) is 31.8 Å². The number of nitrogens with zero attached hydrogens (tertiary/aromatic N) is 3. The Hall–Kier alpha value is -3.40. The van der Waals surface area contributed by atoms with E-state index in [1.165, 1.54) is 12.5 Å². The van der Waals surface area contributed by atoms with Crippen LogP contribution in [0.3, 0.4) is 0 Å². The predicted molar refractivity (Wildman–Crippen MR) is 104 cm³/mol. The number of methoxy groups -OCH3 is 1. The summed E-state index contributed by atoms with van der Waals surface area (Å²) in [6.07, 6.45) is 3.65. The molecule has 0 bridgehead atoms. The molecule has 1 N–H and O–H groups in total. The number of furan rings is 1. The number of hydrogen-bond donors (Lipinski definition) is 1. The molecule has 3 rings (SSSR count). The van der Waals surface area contributed by atoms with E-state index in [-0.39, 0.29) is 12.2 Å². The summed E-state index contributed by atoms with van der Waals surface area (Å²) >= 11 is 0. The molecule has 1 aromatic carbocycles. The van der Waals surface area contributed by atoms with E-state index in [1.807, 2.05) is 12.1 Å². The maximum atomic E-state index is 11.8. The minimum absolute atomic E-state index is 0.178. The Morgan fingerprint density at radius 2 is 1.93 bits per heavy atom. The monoisotopic (exact) mass is 417 g/mol. The number of hydrogen-bond acceptors (Lipinski definition) is 8. The van der Waals surface area contributed by atoms with Crippen LogP contribution in [0.4, 0.5) is 5.69 Å². The first kappa shape index (κ1) is 20.3. The van der Waals surface area contributed by atoms with Gasteiger partial charge < -0.3 is 19.2 Å². The van der Waals surface area contributed by atoms with E-state index in [9.17, 15) is 18.3 Å². The number of aromatic nitrogens is 2. The zero-order chi connectivity index (χ0) is 21.0. The van der Waals surface area contributed by atoms with Crippen molar-refractivity contribution in [2.45, 2.75) is 18.2 Å². The normalized spacial score (nSPS) is 11.2. The van der Waals surface area contributed by atoms with Gasteiger partial charge in [-0.3, -0.25) is 0 Å². The average molecular weight is 417 g/mol. The van der Waals surface area contributed by atoms with Crippen LogP contribution in [0.25, 0.3) is 0 Å². The Kier molecular flexibility index (Phi) is 5.83. The third-order valence-corrected chi connectivity index (χ3v) is 4.94. The molecule has 2 aromatic heterocycles. The topological polar surface area (TPSA) is 123 Å². The van der Waals surface area contributed by atoms with E-state index < -0.39 is 26.7 Å². The summed E-state index contributed by atoms with van der Waals surface area (Å²) in [4.78, 5) is 21.1. The van der Waals surface area contributed by atoms with Crippen LogP contribution in [0.5, 0.6) is 5.75 Å². The van der Waals surface area contributed by atoms with Gasteiger partial charge in [-0.2, -0.15) is 0 Å². The van der Waals surface area contributed by atoms with E-state index in [4.69, 9.17) is 9.15 Å². The number of sulfone groups is 1. The van der Waals surface area contributed by atoms with Crippen LogP contribution in [0.2, 0.25) is 0 Å². The van der Waals surface area contributed by atoms with Gasteiger partial charge in [-0.05, 0) is 29.8 Å². The predicted octanol–water partition coefficient (Wildman–Crippen LogP) is 2.39. The number of ether oxygens (including phenoxy) is 1. The second kappa shape index (κ2) is 8.31. The number of benzene rings is 1. The van der Waals surface area contributed by atoms with Crippen LogP contribution in [0.15, 0.2) is 58.4 Å². The van der Waals surface area contributed by atoms with Crippen molar-refractivity contribution in [3.63, 3.8) is 0 Å². The molecular weight excluding hydrogens is 398 g/mol. The largest absolute Gasteiger partial charge is 0.497 e. The molecule has 0 saturated carbocycles. The van der Waals surface area contributed by atoms with E-state index in [1.54, 1.807) is 36.3 Å². The lowest BCUT2D eigenvalue weighted by atomic mass is 10.2. The lowest BCUT2D eigenvalue weighted by Crippen LogP contribution is -2.25. The second-order valence-electron chi connectivity index (χ2n) is 6.25. The number of rotatable bonds is 8. The van der Waals surface area contributed by atoms with Gasteiger partial charge in [0.2, 0.25) is 15.0 Å². The fraction of sp³-hybridized carbons (Fsp3) is 0.211. The molecule has 29 heavy (non-hydrogen) atoms. The molecule has 0 unspecified atom stereocenters. The van der Waals surface area contributed by atoms with Crippen molar-refractivity contribution in [3.8, 4) is 5.75 Å². The first-order chi connectivity index (χ1) is 13.8. The zero-order valence-electron chi connectivity index (χ0n) is 15.8. The molecule has 10 heteroatoms. The summed E-state index contributed by atoms with van der Waals surface area (Å²) in [6, 6.07) is 10.8. The second-order valence-corrected chi connectivity index (χ2v) is 8.16. The van der Waals surface area contributed by atoms with Crippen LogP contribution < -0.4 is 9.64 Å². The smallest absolute Gasteiger partial charge is 0.356 e. The average Bonchev–Trinajstić information content (AvgIpc) is 3.20. The Balaban J connectivity index is 2.03. The molecule has 0 spiro atoms. The highest BCUT2D eigenvalue weighted by molar-refractivity contribution is 7.90. The van der Waals surface area contributed by atoms with Crippen molar-refractivity contribution in [2.75, 3.05) is 18.3 Å². The number of carboxylic acids is 1. The first-order valence-electron chi connectivity index (χ1n) is 8.48. The van der Waals surface area contributed by atoms with Gasteiger partial charge in [-0.25, -0.2) is 23.2 Å². The van der Waals surface area contributed by atoms with Crippen molar-refractivity contribution in [2.24, 2.45) is 0 Å². The molecule has 2 heterocycles. The third-order valence-electron chi connectivity index (χ3n) is 4.08. The zero-order valence-corrected chi connectivity index (χ0v) is 16.6. The van der Waals surface area contributed by atoms with Crippen LogP contribution in [0, 0.1) is 0 Å². The van der Waals surface area contributed by atoms with E-state index in [0.29, 0.717) is 18.1 Å². The summed E-state index contributed by atoms with van der Waals surface area (Å²) in [5.74, 6) is -0.0630. The van der Waals surface area contributed by atoms with Crippen molar-refractivity contribution in [3.05, 3.63) is 65.9 Å². The Morgan fingerprint density at radius 1 is 1.21 bits per heavy atom. The van der Waals surface area contributed by atoms with E-state index in [2.05, 4.69) is 9.97 Å². The highest BCUT2D eigenvalue weighted by Crippen LogP contribution is 2.25. The summed E-state index contributed by atoms with van der Waals surface area (Å²) in [5, 5.41) is 9.07. The molecule has 0 atom stereocenters. The van der Waals surface area contributed by atoms with Crippen molar-refractivity contribution < 1.29 is 27.5 Å². The van der Waals surface area contributed by atoms with Crippen LogP contribution in [-0.2, 0) is 22.9 Å². The molecule has 0 amide bonds. The molecule has 9 nitrogen and oxygen atoms in total. The minimum atomic E-state index is -3.75. The fourth-order valence-corrected chi connectivity index (χ4v) is 3.20. The van der Waals surface area contributed by atoms with Gasteiger partial charge in [-0.15, -0.1) is 0 Å². The quantitative estimate of drug-likeness (QED) is 0.550. The molecule has 0 fully saturated rings. The molecule has 0 radical (unpaired) electrons. The number of anilines is 1. The molecule has 0 saturated heterocycles.